The first-order valence-corrected chi connectivity index (χ1v) is 12.5. The van der Waals surface area contributed by atoms with E-state index >= 15 is 0 Å². The van der Waals surface area contributed by atoms with Crippen LogP contribution in [0.1, 0.15) is 55.1 Å². The summed E-state index contributed by atoms with van der Waals surface area (Å²) in [4.78, 5) is 16.3. The van der Waals surface area contributed by atoms with Gasteiger partial charge in [0.2, 0.25) is 5.95 Å². The van der Waals surface area contributed by atoms with Crippen LogP contribution in [0.5, 0.6) is 0 Å². The highest BCUT2D eigenvalue weighted by Crippen LogP contribution is 2.40. The molecule has 2 fully saturated rings. The van der Waals surface area contributed by atoms with Gasteiger partial charge in [-0.3, -0.25) is 0 Å². The van der Waals surface area contributed by atoms with Crippen molar-refractivity contribution >= 4 is 23.4 Å². The number of rotatable bonds is 4. The standard InChI is InChI=1S/C25H30ClN7/c1-16-12-22(28-15-27-16)32-13-18-5-6-19(14-32)23(18)29-25-30-24-21(4-2-3-11-33(24)31-25)17-7-9-20(26)10-8-17/h7-10,12,15,18-19,21,23H,2-6,11,13-14H2,1H3,(H,29,31)/t18-,19+,21-,23-/m1/s1. The van der Waals surface area contributed by atoms with Gasteiger partial charge >= 0.3 is 0 Å². The van der Waals surface area contributed by atoms with Crippen molar-refractivity contribution in [1.29, 1.82) is 0 Å². The molecule has 1 aromatic carbocycles. The number of nitrogens with zero attached hydrogens (tertiary/aromatic N) is 6. The average molecular weight is 464 g/mol. The third-order valence-electron chi connectivity index (χ3n) is 7.64. The fourth-order valence-electron chi connectivity index (χ4n) is 6.00. The predicted octanol–water partition coefficient (Wildman–Crippen LogP) is 4.67. The molecule has 172 valence electrons. The monoisotopic (exact) mass is 463 g/mol. The van der Waals surface area contributed by atoms with Crippen LogP contribution in [0.2, 0.25) is 5.02 Å². The molecule has 2 aliphatic heterocycles. The number of benzene rings is 1. The number of nitrogens with one attached hydrogen (secondary N) is 1. The van der Waals surface area contributed by atoms with Crippen molar-refractivity contribution in [3.05, 3.63) is 58.8 Å². The molecule has 4 atom stereocenters. The van der Waals surface area contributed by atoms with Gasteiger partial charge in [-0.1, -0.05) is 30.2 Å². The van der Waals surface area contributed by atoms with Gasteiger partial charge < -0.3 is 10.2 Å². The van der Waals surface area contributed by atoms with Gasteiger partial charge in [0.1, 0.15) is 18.0 Å². The van der Waals surface area contributed by atoms with Crippen molar-refractivity contribution in [3.8, 4) is 0 Å². The van der Waals surface area contributed by atoms with Gasteiger partial charge in [0.15, 0.2) is 0 Å². The summed E-state index contributed by atoms with van der Waals surface area (Å²) in [7, 11) is 0. The average Bonchev–Trinajstić information content (AvgIpc) is 3.22. The largest absolute Gasteiger partial charge is 0.356 e. The fraction of sp³-hybridized carbons (Fsp3) is 0.520. The molecule has 1 aliphatic carbocycles. The molecule has 33 heavy (non-hydrogen) atoms. The number of piperidine rings is 1. The predicted molar refractivity (Wildman–Crippen MR) is 130 cm³/mol. The molecule has 3 aromatic rings. The van der Waals surface area contributed by atoms with Gasteiger partial charge in [-0.15, -0.1) is 5.10 Å². The number of anilines is 2. The molecule has 1 saturated carbocycles. The van der Waals surface area contributed by atoms with E-state index in [1.165, 1.54) is 24.8 Å². The summed E-state index contributed by atoms with van der Waals surface area (Å²) < 4.78 is 2.13. The number of hydrogen-bond donors (Lipinski definition) is 1. The second kappa shape index (κ2) is 8.60. The Morgan fingerprint density at radius 2 is 1.79 bits per heavy atom. The highest BCUT2D eigenvalue weighted by atomic mass is 35.5. The molecule has 1 saturated heterocycles. The molecule has 0 unspecified atom stereocenters. The molecular weight excluding hydrogens is 434 g/mol. The van der Waals surface area contributed by atoms with E-state index in [-0.39, 0.29) is 5.92 Å². The van der Waals surface area contributed by atoms with Crippen molar-refractivity contribution in [3.63, 3.8) is 0 Å². The van der Waals surface area contributed by atoms with Crippen LogP contribution in [0.15, 0.2) is 36.7 Å². The Balaban J connectivity index is 1.21. The van der Waals surface area contributed by atoms with Crippen molar-refractivity contribution in [1.82, 2.24) is 24.7 Å². The summed E-state index contributed by atoms with van der Waals surface area (Å²) in [5.74, 6) is 4.35. The Morgan fingerprint density at radius 3 is 2.55 bits per heavy atom. The SMILES string of the molecule is Cc1cc(N2C[C@H]3CC[C@@H](C2)[C@@H]3Nc2nc3n(n2)CCCC[C@@H]3c2ccc(Cl)cc2)ncn1. The zero-order valence-electron chi connectivity index (χ0n) is 19.0. The molecule has 8 heteroatoms. The van der Waals surface area contributed by atoms with E-state index in [4.69, 9.17) is 21.7 Å². The number of hydrogen-bond acceptors (Lipinski definition) is 6. The summed E-state index contributed by atoms with van der Waals surface area (Å²) >= 11 is 6.13. The van der Waals surface area contributed by atoms with E-state index in [1.54, 1.807) is 6.33 Å². The summed E-state index contributed by atoms with van der Waals surface area (Å²) in [5.41, 5.74) is 2.29. The molecular formula is C25H30ClN7. The Bertz CT molecular complexity index is 1110. The molecule has 7 nitrogen and oxygen atoms in total. The van der Waals surface area contributed by atoms with Crippen LogP contribution in [0.4, 0.5) is 11.8 Å². The minimum Gasteiger partial charge on any atom is -0.356 e. The summed E-state index contributed by atoms with van der Waals surface area (Å²) in [6.07, 6.45) is 7.58. The lowest BCUT2D eigenvalue weighted by molar-refractivity contribution is 0.374. The molecule has 2 bridgehead atoms. The van der Waals surface area contributed by atoms with Crippen molar-refractivity contribution in [2.75, 3.05) is 23.3 Å². The van der Waals surface area contributed by atoms with E-state index < -0.39 is 0 Å². The molecule has 6 rings (SSSR count). The van der Waals surface area contributed by atoms with Gasteiger partial charge in [-0.05, 0) is 62.1 Å². The van der Waals surface area contributed by atoms with Crippen molar-refractivity contribution in [2.24, 2.45) is 11.8 Å². The maximum Gasteiger partial charge on any atom is 0.242 e. The second-order valence-corrected chi connectivity index (χ2v) is 10.2. The lowest BCUT2D eigenvalue weighted by atomic mass is 9.92. The number of fused-ring (bicyclic) bond motifs is 3. The minimum atomic E-state index is 0.271. The second-order valence-electron chi connectivity index (χ2n) is 9.81. The first-order valence-electron chi connectivity index (χ1n) is 12.1. The zero-order valence-corrected chi connectivity index (χ0v) is 19.7. The van der Waals surface area contributed by atoms with Gasteiger partial charge in [0.25, 0.3) is 0 Å². The van der Waals surface area contributed by atoms with Crippen molar-refractivity contribution < 1.29 is 0 Å². The van der Waals surface area contributed by atoms with Crippen LogP contribution in [0.3, 0.4) is 0 Å². The normalized spacial score (nSPS) is 26.7. The first-order chi connectivity index (χ1) is 16.1. The highest BCUT2D eigenvalue weighted by Gasteiger charge is 2.43. The van der Waals surface area contributed by atoms with E-state index in [0.29, 0.717) is 17.9 Å². The number of halogens is 1. The number of aryl methyl sites for hydroxylation is 2. The molecule has 4 heterocycles. The van der Waals surface area contributed by atoms with Crippen molar-refractivity contribution in [2.45, 2.75) is 57.5 Å². The quantitative estimate of drug-likeness (QED) is 0.606. The Hall–Kier alpha value is -2.67. The Morgan fingerprint density at radius 1 is 1.00 bits per heavy atom. The van der Waals surface area contributed by atoms with Crippen LogP contribution in [0, 0.1) is 18.8 Å². The number of aromatic nitrogens is 5. The molecule has 0 amide bonds. The first kappa shape index (κ1) is 20.9. The smallest absolute Gasteiger partial charge is 0.242 e. The summed E-state index contributed by atoms with van der Waals surface area (Å²) in [5, 5.41) is 9.45. The fourth-order valence-corrected chi connectivity index (χ4v) is 6.12. The molecule has 2 aromatic heterocycles. The Labute approximate surface area is 199 Å². The molecule has 0 spiro atoms. The third kappa shape index (κ3) is 4.07. The van der Waals surface area contributed by atoms with Gasteiger partial charge in [-0.25, -0.2) is 14.6 Å². The van der Waals surface area contributed by atoms with Crippen LogP contribution in [-0.4, -0.2) is 43.9 Å². The van der Waals surface area contributed by atoms with E-state index in [9.17, 15) is 0 Å². The topological polar surface area (TPSA) is 71.8 Å². The van der Waals surface area contributed by atoms with Crippen LogP contribution >= 0.6 is 11.6 Å². The summed E-state index contributed by atoms with van der Waals surface area (Å²) in [6.45, 7) is 5.00. The van der Waals surface area contributed by atoms with Gasteiger partial charge in [0, 0.05) is 48.4 Å². The lowest BCUT2D eigenvalue weighted by Crippen LogP contribution is -2.48. The van der Waals surface area contributed by atoms with Crippen LogP contribution < -0.4 is 10.2 Å². The maximum atomic E-state index is 6.13. The van der Waals surface area contributed by atoms with Gasteiger partial charge in [0.05, 0.1) is 0 Å². The lowest BCUT2D eigenvalue weighted by Gasteiger charge is -2.38. The summed E-state index contributed by atoms with van der Waals surface area (Å²) in [6, 6.07) is 10.7. The van der Waals surface area contributed by atoms with E-state index in [1.807, 2.05) is 19.1 Å². The molecule has 0 radical (unpaired) electrons. The van der Waals surface area contributed by atoms with Crippen LogP contribution in [-0.2, 0) is 6.54 Å². The Kier molecular flexibility index (Phi) is 5.45. The molecule has 3 aliphatic rings. The highest BCUT2D eigenvalue weighted by molar-refractivity contribution is 6.30. The minimum absolute atomic E-state index is 0.271. The van der Waals surface area contributed by atoms with E-state index in [0.717, 1.165) is 60.8 Å². The van der Waals surface area contributed by atoms with Crippen LogP contribution in [0.25, 0.3) is 0 Å². The zero-order chi connectivity index (χ0) is 22.4. The van der Waals surface area contributed by atoms with Gasteiger partial charge in [-0.2, -0.15) is 4.98 Å². The molecule has 1 N–H and O–H groups in total. The maximum absolute atomic E-state index is 6.13. The van der Waals surface area contributed by atoms with E-state index in [2.05, 4.69) is 43.1 Å². The third-order valence-corrected chi connectivity index (χ3v) is 7.89.